The molecule has 0 spiro atoms. The van der Waals surface area contributed by atoms with E-state index in [1.165, 1.54) is 11.1 Å². The molecule has 5 heteroatoms. The summed E-state index contributed by atoms with van der Waals surface area (Å²) in [6, 6.07) is 6.52. The number of ether oxygens (including phenoxy) is 1. The Hall–Kier alpha value is -2.30. The van der Waals surface area contributed by atoms with Gasteiger partial charge in [-0.2, -0.15) is 4.98 Å². The number of benzene rings is 1. The van der Waals surface area contributed by atoms with Crippen LogP contribution in [0.2, 0.25) is 0 Å². The number of fused-ring (bicyclic) bond motifs is 2. The van der Waals surface area contributed by atoms with Gasteiger partial charge in [-0.05, 0) is 56.6 Å². The van der Waals surface area contributed by atoms with Crippen LogP contribution in [-0.4, -0.2) is 15.6 Å². The summed E-state index contributed by atoms with van der Waals surface area (Å²) in [7, 11) is 0. The fourth-order valence-electron chi connectivity index (χ4n) is 4.06. The van der Waals surface area contributed by atoms with Crippen molar-refractivity contribution in [2.24, 2.45) is 5.92 Å². The third-order valence-corrected chi connectivity index (χ3v) is 5.11. The molecule has 0 radical (unpaired) electrons. The smallest absolute Gasteiger partial charge is 0.222 e. The lowest BCUT2D eigenvalue weighted by Crippen LogP contribution is -2.25. The number of nitrogens with two attached hydrogens (primary N) is 2. The van der Waals surface area contributed by atoms with Crippen molar-refractivity contribution >= 4 is 11.8 Å². The van der Waals surface area contributed by atoms with Crippen molar-refractivity contribution in [3.63, 3.8) is 0 Å². The lowest BCUT2D eigenvalue weighted by atomic mass is 9.82. The number of para-hydroxylation sites is 1. The fourth-order valence-corrected chi connectivity index (χ4v) is 4.06. The minimum atomic E-state index is -0.104. The molecule has 1 aliphatic heterocycles. The predicted molar refractivity (Wildman–Crippen MR) is 94.9 cm³/mol. The summed E-state index contributed by atoms with van der Waals surface area (Å²) in [6.07, 6.45) is 4.90. The van der Waals surface area contributed by atoms with Crippen molar-refractivity contribution in [2.45, 2.75) is 51.6 Å². The number of hydrogen-bond acceptors (Lipinski definition) is 5. The van der Waals surface area contributed by atoms with Gasteiger partial charge in [0.1, 0.15) is 17.2 Å². The summed E-state index contributed by atoms with van der Waals surface area (Å²) in [5, 5.41) is 0. The standard InChI is InChI=1S/C19H24N4O/c1-19(2)10-13-5-3-4-12(16(13)24-19)8-11-6-7-15-14(9-11)17(20)23-18(21)22-15/h3-5,11H,6-10H2,1-2H3,(H4,20,21,22,23). The molecule has 1 aliphatic carbocycles. The zero-order valence-corrected chi connectivity index (χ0v) is 14.3. The Labute approximate surface area is 142 Å². The van der Waals surface area contributed by atoms with Gasteiger partial charge in [0.05, 0.1) is 5.69 Å². The maximum atomic E-state index is 6.21. The maximum absolute atomic E-state index is 6.21. The van der Waals surface area contributed by atoms with Gasteiger partial charge in [0.15, 0.2) is 0 Å². The molecule has 2 heterocycles. The highest BCUT2D eigenvalue weighted by Gasteiger charge is 2.32. The van der Waals surface area contributed by atoms with Crippen LogP contribution >= 0.6 is 0 Å². The number of nitrogen functional groups attached to an aromatic ring is 2. The number of hydrogen-bond donors (Lipinski definition) is 2. The van der Waals surface area contributed by atoms with Crippen LogP contribution in [0, 0.1) is 5.92 Å². The van der Waals surface area contributed by atoms with Crippen molar-refractivity contribution in [3.05, 3.63) is 40.6 Å². The summed E-state index contributed by atoms with van der Waals surface area (Å²) in [6.45, 7) is 4.30. The van der Waals surface area contributed by atoms with Gasteiger partial charge < -0.3 is 16.2 Å². The first-order valence-corrected chi connectivity index (χ1v) is 8.62. The van der Waals surface area contributed by atoms with Crippen LogP contribution in [0.4, 0.5) is 11.8 Å². The Morgan fingerprint density at radius 2 is 2.08 bits per heavy atom. The molecule has 5 nitrogen and oxygen atoms in total. The van der Waals surface area contributed by atoms with Crippen LogP contribution in [0.3, 0.4) is 0 Å². The van der Waals surface area contributed by atoms with E-state index < -0.39 is 0 Å². The molecule has 126 valence electrons. The summed E-state index contributed by atoms with van der Waals surface area (Å²) in [5.41, 5.74) is 16.4. The highest BCUT2D eigenvalue weighted by molar-refractivity contribution is 5.48. The molecule has 1 atom stereocenters. The second kappa shape index (κ2) is 5.36. The molecule has 1 aromatic carbocycles. The Bertz CT molecular complexity index is 800. The molecular formula is C19H24N4O. The molecule has 2 aromatic rings. The van der Waals surface area contributed by atoms with E-state index >= 15 is 0 Å². The lowest BCUT2D eigenvalue weighted by Gasteiger charge is -2.25. The Morgan fingerprint density at radius 3 is 2.92 bits per heavy atom. The monoisotopic (exact) mass is 324 g/mol. The first-order chi connectivity index (χ1) is 11.4. The molecule has 4 N–H and O–H groups in total. The van der Waals surface area contributed by atoms with Crippen LogP contribution in [0.5, 0.6) is 5.75 Å². The zero-order chi connectivity index (χ0) is 16.9. The van der Waals surface area contributed by atoms with Gasteiger partial charge in [-0.3, -0.25) is 0 Å². The van der Waals surface area contributed by atoms with Crippen LogP contribution in [0.1, 0.15) is 42.7 Å². The van der Waals surface area contributed by atoms with E-state index in [-0.39, 0.29) is 11.5 Å². The van der Waals surface area contributed by atoms with Crippen molar-refractivity contribution in [3.8, 4) is 5.75 Å². The third kappa shape index (κ3) is 2.68. The molecule has 1 aromatic heterocycles. The van der Waals surface area contributed by atoms with Crippen molar-refractivity contribution in [1.82, 2.24) is 9.97 Å². The molecule has 4 rings (SSSR count). The second-order valence-electron chi connectivity index (χ2n) is 7.65. The van der Waals surface area contributed by atoms with Crippen LogP contribution in [0.25, 0.3) is 0 Å². The summed E-state index contributed by atoms with van der Waals surface area (Å²) in [5.74, 6) is 2.44. The molecule has 0 bridgehead atoms. The number of nitrogens with zero attached hydrogens (tertiary/aromatic N) is 2. The van der Waals surface area contributed by atoms with Crippen molar-refractivity contribution < 1.29 is 4.74 Å². The first-order valence-electron chi connectivity index (χ1n) is 8.62. The average molecular weight is 324 g/mol. The molecule has 0 saturated carbocycles. The summed E-state index contributed by atoms with van der Waals surface area (Å²) in [4.78, 5) is 8.48. The minimum Gasteiger partial charge on any atom is -0.487 e. The molecular weight excluding hydrogens is 300 g/mol. The first kappa shape index (κ1) is 15.2. The number of aryl methyl sites for hydroxylation is 1. The van der Waals surface area contributed by atoms with Gasteiger partial charge in [0, 0.05) is 12.0 Å². The Balaban J connectivity index is 1.57. The fraction of sp³-hybridized carbons (Fsp3) is 0.474. The summed E-state index contributed by atoms with van der Waals surface area (Å²) >= 11 is 0. The van der Waals surface area contributed by atoms with E-state index in [2.05, 4.69) is 42.0 Å². The third-order valence-electron chi connectivity index (χ3n) is 5.11. The van der Waals surface area contributed by atoms with E-state index in [4.69, 9.17) is 16.2 Å². The molecule has 1 unspecified atom stereocenters. The molecule has 0 amide bonds. The van der Waals surface area contributed by atoms with E-state index in [1.54, 1.807) is 0 Å². The van der Waals surface area contributed by atoms with Gasteiger partial charge in [0.25, 0.3) is 0 Å². The molecule has 0 saturated heterocycles. The largest absolute Gasteiger partial charge is 0.487 e. The van der Waals surface area contributed by atoms with E-state index in [9.17, 15) is 0 Å². The quantitative estimate of drug-likeness (QED) is 0.887. The highest BCUT2D eigenvalue weighted by Crippen LogP contribution is 2.40. The van der Waals surface area contributed by atoms with Gasteiger partial charge in [-0.1, -0.05) is 18.2 Å². The van der Waals surface area contributed by atoms with E-state index in [0.29, 0.717) is 11.7 Å². The maximum Gasteiger partial charge on any atom is 0.222 e. The molecule has 2 aliphatic rings. The second-order valence-corrected chi connectivity index (χ2v) is 7.65. The number of aromatic nitrogens is 2. The lowest BCUT2D eigenvalue weighted by molar-refractivity contribution is 0.137. The van der Waals surface area contributed by atoms with E-state index in [1.807, 2.05) is 0 Å². The number of anilines is 2. The summed E-state index contributed by atoms with van der Waals surface area (Å²) < 4.78 is 6.21. The molecule has 24 heavy (non-hydrogen) atoms. The van der Waals surface area contributed by atoms with Crippen molar-refractivity contribution in [1.29, 1.82) is 0 Å². The van der Waals surface area contributed by atoms with Crippen LogP contribution in [0.15, 0.2) is 18.2 Å². The number of rotatable bonds is 2. The highest BCUT2D eigenvalue weighted by atomic mass is 16.5. The van der Waals surface area contributed by atoms with Gasteiger partial charge in [-0.15, -0.1) is 0 Å². The Morgan fingerprint density at radius 1 is 1.25 bits per heavy atom. The van der Waals surface area contributed by atoms with Gasteiger partial charge in [-0.25, -0.2) is 4.98 Å². The van der Waals surface area contributed by atoms with Gasteiger partial charge >= 0.3 is 0 Å². The zero-order valence-electron chi connectivity index (χ0n) is 14.3. The topological polar surface area (TPSA) is 87.0 Å². The Kier molecular flexibility index (Phi) is 3.41. The van der Waals surface area contributed by atoms with Crippen molar-refractivity contribution in [2.75, 3.05) is 11.5 Å². The van der Waals surface area contributed by atoms with Crippen LogP contribution < -0.4 is 16.2 Å². The normalized spacial score (nSPS) is 21.0. The minimum absolute atomic E-state index is 0.104. The average Bonchev–Trinajstić information content (AvgIpc) is 2.83. The SMILES string of the molecule is CC1(C)Cc2cccc(CC3CCc4nc(N)nc(N)c4C3)c2O1. The predicted octanol–water partition coefficient (Wildman–Crippen LogP) is 2.70. The van der Waals surface area contributed by atoms with Crippen LogP contribution in [-0.2, 0) is 25.7 Å². The molecule has 0 fully saturated rings. The van der Waals surface area contributed by atoms with Gasteiger partial charge in [0.2, 0.25) is 5.95 Å². The van der Waals surface area contributed by atoms with E-state index in [0.717, 1.165) is 49.1 Å².